The van der Waals surface area contributed by atoms with Crippen LogP contribution < -0.4 is 4.90 Å². The van der Waals surface area contributed by atoms with E-state index in [2.05, 4.69) is 4.90 Å². The topological polar surface area (TPSA) is 70.1 Å². The molecule has 2 aromatic carbocycles. The standard InChI is InChI=1S/C25H29FN2O4/c26-20-7-5-18(6-8-20)22(17-24(29)30)19-9-11-28(12-10-19)25(31)21-3-1-2-4-23(21)27-13-15-32-16-14-27/h1-8,19,22H,9-17H2,(H,29,30). The molecule has 2 aromatic rings. The number of benzene rings is 2. The van der Waals surface area contributed by atoms with Crippen molar-refractivity contribution in [3.05, 3.63) is 65.5 Å². The molecule has 0 spiro atoms. The Morgan fingerprint density at radius 2 is 1.66 bits per heavy atom. The molecule has 2 fully saturated rings. The number of hydrogen-bond acceptors (Lipinski definition) is 4. The molecule has 2 aliphatic heterocycles. The van der Waals surface area contributed by atoms with Gasteiger partial charge in [0.15, 0.2) is 0 Å². The van der Waals surface area contributed by atoms with Gasteiger partial charge in [0.2, 0.25) is 0 Å². The first kappa shape index (κ1) is 22.3. The summed E-state index contributed by atoms with van der Waals surface area (Å²) in [5.41, 5.74) is 2.49. The Bertz CT molecular complexity index is 935. The van der Waals surface area contributed by atoms with Gasteiger partial charge in [-0.1, -0.05) is 24.3 Å². The number of carbonyl (C=O) groups is 2. The van der Waals surface area contributed by atoms with E-state index in [0.29, 0.717) is 31.9 Å². The zero-order chi connectivity index (χ0) is 22.5. The summed E-state index contributed by atoms with van der Waals surface area (Å²) in [6.07, 6.45) is 1.45. The van der Waals surface area contributed by atoms with E-state index in [1.807, 2.05) is 29.2 Å². The van der Waals surface area contributed by atoms with Crippen molar-refractivity contribution < 1.29 is 23.8 Å². The highest BCUT2D eigenvalue weighted by molar-refractivity contribution is 6.00. The summed E-state index contributed by atoms with van der Waals surface area (Å²) in [5, 5.41) is 9.42. The molecule has 32 heavy (non-hydrogen) atoms. The number of rotatable bonds is 6. The quantitative estimate of drug-likeness (QED) is 0.741. The van der Waals surface area contributed by atoms with Crippen LogP contribution >= 0.6 is 0 Å². The zero-order valence-corrected chi connectivity index (χ0v) is 18.1. The Morgan fingerprint density at radius 1 is 1.00 bits per heavy atom. The summed E-state index contributed by atoms with van der Waals surface area (Å²) in [7, 11) is 0. The number of amides is 1. The summed E-state index contributed by atoms with van der Waals surface area (Å²) < 4.78 is 18.8. The lowest BCUT2D eigenvalue weighted by molar-refractivity contribution is -0.137. The number of nitrogens with zero attached hydrogens (tertiary/aromatic N) is 2. The third-order valence-corrected chi connectivity index (χ3v) is 6.57. The maximum absolute atomic E-state index is 13.4. The lowest BCUT2D eigenvalue weighted by atomic mass is 9.78. The van der Waals surface area contributed by atoms with Crippen molar-refractivity contribution in [3.63, 3.8) is 0 Å². The zero-order valence-electron chi connectivity index (χ0n) is 18.1. The van der Waals surface area contributed by atoms with Crippen molar-refractivity contribution in [2.24, 2.45) is 5.92 Å². The van der Waals surface area contributed by atoms with Gasteiger partial charge in [0.25, 0.3) is 5.91 Å². The summed E-state index contributed by atoms with van der Waals surface area (Å²) in [6, 6.07) is 13.8. The first-order valence-corrected chi connectivity index (χ1v) is 11.2. The van der Waals surface area contributed by atoms with Crippen LogP contribution in [0.25, 0.3) is 0 Å². The first-order valence-electron chi connectivity index (χ1n) is 11.2. The number of ether oxygens (including phenoxy) is 1. The second-order valence-corrected chi connectivity index (χ2v) is 8.50. The van der Waals surface area contributed by atoms with Gasteiger partial charge in [-0.15, -0.1) is 0 Å². The Morgan fingerprint density at radius 3 is 2.31 bits per heavy atom. The van der Waals surface area contributed by atoms with Crippen molar-refractivity contribution in [2.45, 2.75) is 25.2 Å². The van der Waals surface area contributed by atoms with Crippen LogP contribution in [0.3, 0.4) is 0 Å². The molecular weight excluding hydrogens is 411 g/mol. The van der Waals surface area contributed by atoms with Gasteiger partial charge in [-0.2, -0.15) is 0 Å². The van der Waals surface area contributed by atoms with E-state index >= 15 is 0 Å². The van der Waals surface area contributed by atoms with E-state index in [0.717, 1.165) is 37.2 Å². The van der Waals surface area contributed by atoms with Gasteiger partial charge in [0.1, 0.15) is 5.82 Å². The number of morpholine rings is 1. The van der Waals surface area contributed by atoms with Crippen molar-refractivity contribution in [1.29, 1.82) is 0 Å². The molecule has 4 rings (SSSR count). The number of piperidine rings is 1. The van der Waals surface area contributed by atoms with Crippen LogP contribution in [0.4, 0.5) is 10.1 Å². The molecular formula is C25H29FN2O4. The summed E-state index contributed by atoms with van der Waals surface area (Å²) in [5.74, 6) is -1.23. The summed E-state index contributed by atoms with van der Waals surface area (Å²) in [6.45, 7) is 4.00. The number of halogens is 1. The van der Waals surface area contributed by atoms with Crippen molar-refractivity contribution >= 4 is 17.6 Å². The SMILES string of the molecule is O=C(O)CC(c1ccc(F)cc1)C1CCN(C(=O)c2ccccc2N2CCOCC2)CC1. The number of aliphatic carboxylic acids is 1. The molecule has 2 heterocycles. The van der Waals surface area contributed by atoms with Crippen LogP contribution in [0.5, 0.6) is 0 Å². The largest absolute Gasteiger partial charge is 0.481 e. The highest BCUT2D eigenvalue weighted by Gasteiger charge is 2.32. The molecule has 1 atom stereocenters. The van der Waals surface area contributed by atoms with Crippen molar-refractivity contribution in [2.75, 3.05) is 44.3 Å². The molecule has 0 bridgehead atoms. The first-order chi connectivity index (χ1) is 15.5. The number of hydrogen-bond donors (Lipinski definition) is 1. The normalized spacial score (nSPS) is 18.4. The molecule has 0 radical (unpaired) electrons. The number of para-hydroxylation sites is 1. The Hall–Kier alpha value is -2.93. The molecule has 6 nitrogen and oxygen atoms in total. The predicted octanol–water partition coefficient (Wildman–Crippen LogP) is 3.77. The van der Waals surface area contributed by atoms with Gasteiger partial charge < -0.3 is 19.6 Å². The van der Waals surface area contributed by atoms with E-state index < -0.39 is 5.97 Å². The minimum Gasteiger partial charge on any atom is -0.481 e. The fourth-order valence-corrected chi connectivity index (χ4v) is 4.86. The molecule has 0 aromatic heterocycles. The number of carboxylic acid groups (broad SMARTS) is 1. The molecule has 0 aliphatic carbocycles. The van der Waals surface area contributed by atoms with Gasteiger partial charge in [-0.05, 0) is 54.5 Å². The van der Waals surface area contributed by atoms with Gasteiger partial charge in [-0.3, -0.25) is 9.59 Å². The molecule has 170 valence electrons. The van der Waals surface area contributed by atoms with Gasteiger partial charge in [-0.25, -0.2) is 4.39 Å². The second-order valence-electron chi connectivity index (χ2n) is 8.50. The monoisotopic (exact) mass is 440 g/mol. The molecule has 0 saturated carbocycles. The lowest BCUT2D eigenvalue weighted by Gasteiger charge is -2.37. The maximum Gasteiger partial charge on any atom is 0.303 e. The average Bonchev–Trinajstić information content (AvgIpc) is 2.83. The lowest BCUT2D eigenvalue weighted by Crippen LogP contribution is -2.42. The Balaban J connectivity index is 1.45. The molecule has 1 amide bonds. The average molecular weight is 441 g/mol. The highest BCUT2D eigenvalue weighted by Crippen LogP contribution is 2.36. The second kappa shape index (κ2) is 10.1. The smallest absolute Gasteiger partial charge is 0.303 e. The van der Waals surface area contributed by atoms with Crippen molar-refractivity contribution in [1.82, 2.24) is 4.90 Å². The van der Waals surface area contributed by atoms with Crippen LogP contribution in [-0.4, -0.2) is 61.3 Å². The predicted molar refractivity (Wildman–Crippen MR) is 119 cm³/mol. The van der Waals surface area contributed by atoms with E-state index in [-0.39, 0.29) is 30.0 Å². The number of likely N-dealkylation sites (tertiary alicyclic amines) is 1. The third-order valence-electron chi connectivity index (χ3n) is 6.57. The van der Waals surface area contributed by atoms with Gasteiger partial charge in [0, 0.05) is 31.9 Å². The Labute approximate surface area is 187 Å². The van der Waals surface area contributed by atoms with Crippen LogP contribution in [0, 0.1) is 11.7 Å². The van der Waals surface area contributed by atoms with Gasteiger partial charge in [0.05, 0.1) is 25.2 Å². The molecule has 1 unspecified atom stereocenters. The van der Waals surface area contributed by atoms with Crippen LogP contribution in [0.1, 0.15) is 41.1 Å². The van der Waals surface area contributed by atoms with Gasteiger partial charge >= 0.3 is 5.97 Å². The van der Waals surface area contributed by atoms with E-state index in [1.54, 1.807) is 12.1 Å². The number of carboxylic acids is 1. The number of anilines is 1. The summed E-state index contributed by atoms with van der Waals surface area (Å²) >= 11 is 0. The maximum atomic E-state index is 13.4. The van der Waals surface area contributed by atoms with E-state index in [9.17, 15) is 19.1 Å². The van der Waals surface area contributed by atoms with Crippen LogP contribution in [0.2, 0.25) is 0 Å². The van der Waals surface area contributed by atoms with Crippen molar-refractivity contribution in [3.8, 4) is 0 Å². The molecule has 2 aliphatic rings. The fraction of sp³-hybridized carbons (Fsp3) is 0.440. The summed E-state index contributed by atoms with van der Waals surface area (Å²) in [4.78, 5) is 28.9. The molecule has 2 saturated heterocycles. The fourth-order valence-electron chi connectivity index (χ4n) is 4.86. The molecule has 1 N–H and O–H groups in total. The van der Waals surface area contributed by atoms with Crippen LogP contribution in [0.15, 0.2) is 48.5 Å². The molecule has 7 heteroatoms. The van der Waals surface area contributed by atoms with E-state index in [1.165, 1.54) is 12.1 Å². The third kappa shape index (κ3) is 5.10. The van der Waals surface area contributed by atoms with E-state index in [4.69, 9.17) is 4.74 Å². The minimum atomic E-state index is -0.864. The Kier molecular flexibility index (Phi) is 7.05. The van der Waals surface area contributed by atoms with Crippen LogP contribution in [-0.2, 0) is 9.53 Å². The highest BCUT2D eigenvalue weighted by atomic mass is 19.1. The number of carbonyl (C=O) groups excluding carboxylic acids is 1. The minimum absolute atomic E-state index is 0.00408.